The number of rotatable bonds is 6. The molecule has 3 aromatic rings. The van der Waals surface area contributed by atoms with E-state index >= 15 is 0 Å². The number of nitrogens with two attached hydrogens (primary N) is 1. The number of aromatic nitrogens is 2. The van der Waals surface area contributed by atoms with Crippen molar-refractivity contribution >= 4 is 11.6 Å². The van der Waals surface area contributed by atoms with Gasteiger partial charge in [-0.1, -0.05) is 6.07 Å². The van der Waals surface area contributed by atoms with Gasteiger partial charge in [-0.15, -0.1) is 0 Å². The van der Waals surface area contributed by atoms with Crippen molar-refractivity contribution in [2.24, 2.45) is 5.73 Å². The summed E-state index contributed by atoms with van der Waals surface area (Å²) >= 11 is 0. The first-order valence-corrected chi connectivity index (χ1v) is 8.97. The predicted octanol–water partition coefficient (Wildman–Crippen LogP) is 3.63. The van der Waals surface area contributed by atoms with Crippen molar-refractivity contribution in [3.05, 3.63) is 76.9 Å². The highest BCUT2D eigenvalue weighted by Crippen LogP contribution is 2.39. The van der Waals surface area contributed by atoms with Crippen LogP contribution in [-0.2, 0) is 6.18 Å². The number of carbonyl (C=O) groups is 1. The fourth-order valence-corrected chi connectivity index (χ4v) is 2.70. The summed E-state index contributed by atoms with van der Waals surface area (Å²) < 4.78 is 44.8. The molecule has 0 spiro atoms. The number of aliphatic hydroxyl groups excluding tert-OH is 2. The lowest BCUT2D eigenvalue weighted by Gasteiger charge is -2.12. The van der Waals surface area contributed by atoms with Crippen LogP contribution in [0.5, 0.6) is 11.5 Å². The summed E-state index contributed by atoms with van der Waals surface area (Å²) in [6, 6.07) is 10.0. The van der Waals surface area contributed by atoms with Gasteiger partial charge in [0.15, 0.2) is 11.5 Å². The smallest absolute Gasteiger partial charge is 0.407 e. The molecule has 1 atom stereocenters. The maximum Gasteiger partial charge on any atom is 0.407 e. The van der Waals surface area contributed by atoms with E-state index in [-0.39, 0.29) is 28.7 Å². The van der Waals surface area contributed by atoms with Gasteiger partial charge in [0.2, 0.25) is 0 Å². The number of primary amides is 1. The Morgan fingerprint density at radius 1 is 1.12 bits per heavy atom. The summed E-state index contributed by atoms with van der Waals surface area (Å²) in [7, 11) is 0. The highest BCUT2D eigenvalue weighted by atomic mass is 19.4. The molecule has 0 bridgehead atoms. The molecule has 1 aromatic heterocycles. The predicted molar refractivity (Wildman–Crippen MR) is 106 cm³/mol. The average Bonchev–Trinajstić information content (AvgIpc) is 2.78. The molecule has 164 valence electrons. The maximum absolute atomic E-state index is 13.1. The average molecular weight is 444 g/mol. The van der Waals surface area contributed by atoms with Crippen molar-refractivity contribution in [2.75, 3.05) is 6.61 Å². The molecule has 0 aliphatic rings. The quantitative estimate of drug-likeness (QED) is 0.499. The minimum absolute atomic E-state index is 0.00814. The molecule has 2 aromatic carbocycles. The molecule has 32 heavy (non-hydrogen) atoms. The van der Waals surface area contributed by atoms with Gasteiger partial charge in [0.1, 0.15) is 23.3 Å². The standard InChI is InChI=1S/C21H15F3N4O4/c1-26-15-7-6-13(8-14(15)21(22,23)24)32-12-4-2-11(3-5-12)20-27-16(18(30)10-29)9-17(28-20)19(25)31/h2-9,18,29-30H,10H2,(H2,25,31)/t18-/m0/s1. The van der Waals surface area contributed by atoms with Crippen molar-refractivity contribution in [3.63, 3.8) is 0 Å². The molecule has 0 fully saturated rings. The first kappa shape index (κ1) is 22.7. The monoisotopic (exact) mass is 444 g/mol. The van der Waals surface area contributed by atoms with Crippen LogP contribution in [0.4, 0.5) is 18.9 Å². The van der Waals surface area contributed by atoms with Gasteiger partial charge in [-0.25, -0.2) is 14.8 Å². The lowest BCUT2D eigenvalue weighted by molar-refractivity contribution is -0.136. The van der Waals surface area contributed by atoms with Crippen LogP contribution in [0.3, 0.4) is 0 Å². The van der Waals surface area contributed by atoms with E-state index in [9.17, 15) is 23.1 Å². The van der Waals surface area contributed by atoms with Gasteiger partial charge in [0, 0.05) is 5.56 Å². The Morgan fingerprint density at radius 2 is 1.78 bits per heavy atom. The van der Waals surface area contributed by atoms with Gasteiger partial charge in [-0.05, 0) is 42.5 Å². The normalized spacial score (nSPS) is 12.1. The van der Waals surface area contributed by atoms with Crippen molar-refractivity contribution < 1.29 is 32.9 Å². The summed E-state index contributed by atoms with van der Waals surface area (Å²) in [5, 5.41) is 18.9. The second kappa shape index (κ2) is 9.01. The van der Waals surface area contributed by atoms with E-state index < -0.39 is 36.0 Å². The van der Waals surface area contributed by atoms with E-state index in [1.807, 2.05) is 0 Å². The van der Waals surface area contributed by atoms with E-state index in [4.69, 9.17) is 22.1 Å². The van der Waals surface area contributed by atoms with Gasteiger partial charge in [-0.3, -0.25) is 4.79 Å². The zero-order chi connectivity index (χ0) is 23.5. The van der Waals surface area contributed by atoms with Gasteiger partial charge >= 0.3 is 6.18 Å². The van der Waals surface area contributed by atoms with Crippen LogP contribution in [0, 0.1) is 6.57 Å². The van der Waals surface area contributed by atoms with Gasteiger partial charge in [0.05, 0.1) is 24.4 Å². The summed E-state index contributed by atoms with van der Waals surface area (Å²) in [4.78, 5) is 22.5. The molecule has 3 rings (SSSR count). The SMILES string of the molecule is [C-]#[N+]c1ccc(Oc2ccc(-c3nc(C(N)=O)cc([C@@H](O)CO)n3)cc2)cc1C(F)(F)F. The molecule has 0 unspecified atom stereocenters. The van der Waals surface area contributed by atoms with Crippen molar-refractivity contribution in [2.45, 2.75) is 12.3 Å². The highest BCUT2D eigenvalue weighted by Gasteiger charge is 2.33. The van der Waals surface area contributed by atoms with E-state index in [2.05, 4.69) is 14.8 Å². The van der Waals surface area contributed by atoms with E-state index in [0.29, 0.717) is 5.56 Å². The Morgan fingerprint density at radius 3 is 2.34 bits per heavy atom. The van der Waals surface area contributed by atoms with Crippen LogP contribution >= 0.6 is 0 Å². The van der Waals surface area contributed by atoms with Crippen LogP contribution in [0.1, 0.15) is 27.8 Å². The summed E-state index contributed by atoms with van der Waals surface area (Å²) in [5.74, 6) is -0.739. The molecule has 0 saturated carbocycles. The molecule has 0 aliphatic heterocycles. The van der Waals surface area contributed by atoms with E-state index in [1.54, 1.807) is 0 Å². The number of halogens is 3. The summed E-state index contributed by atoms with van der Waals surface area (Å²) in [5.41, 5.74) is 3.83. The van der Waals surface area contributed by atoms with Gasteiger partial charge < -0.3 is 20.7 Å². The molecule has 8 nitrogen and oxygen atoms in total. The largest absolute Gasteiger partial charge is 0.457 e. The number of nitrogens with zero attached hydrogens (tertiary/aromatic N) is 3. The number of benzene rings is 2. The van der Waals surface area contributed by atoms with E-state index in [0.717, 1.165) is 18.2 Å². The molecule has 1 amide bonds. The third-order valence-corrected chi connectivity index (χ3v) is 4.25. The number of alkyl halides is 3. The number of amides is 1. The molecule has 0 saturated heterocycles. The zero-order valence-corrected chi connectivity index (χ0v) is 16.2. The fourth-order valence-electron chi connectivity index (χ4n) is 2.70. The van der Waals surface area contributed by atoms with Crippen LogP contribution in [0.2, 0.25) is 0 Å². The maximum atomic E-state index is 13.1. The minimum atomic E-state index is -4.71. The van der Waals surface area contributed by atoms with Crippen molar-refractivity contribution in [3.8, 4) is 22.9 Å². The third kappa shape index (κ3) is 5.00. The topological polar surface area (TPSA) is 123 Å². The molecule has 0 radical (unpaired) electrons. The summed E-state index contributed by atoms with van der Waals surface area (Å²) in [6.45, 7) is 6.24. The van der Waals surface area contributed by atoms with Crippen molar-refractivity contribution in [1.29, 1.82) is 0 Å². The Kier molecular flexibility index (Phi) is 6.38. The number of carbonyl (C=O) groups excluding carboxylic acids is 1. The first-order chi connectivity index (χ1) is 15.1. The highest BCUT2D eigenvalue weighted by molar-refractivity contribution is 5.91. The van der Waals surface area contributed by atoms with Crippen molar-refractivity contribution in [1.82, 2.24) is 9.97 Å². The number of hydrogen-bond acceptors (Lipinski definition) is 6. The third-order valence-electron chi connectivity index (χ3n) is 4.25. The zero-order valence-electron chi connectivity index (χ0n) is 16.2. The van der Waals surface area contributed by atoms with E-state index in [1.165, 1.54) is 30.3 Å². The Hall–Kier alpha value is -4.01. The number of aliphatic hydroxyl groups is 2. The van der Waals surface area contributed by atoms with Crippen LogP contribution in [0.15, 0.2) is 48.5 Å². The molecular formula is C21H15F3N4O4. The van der Waals surface area contributed by atoms with Gasteiger partial charge in [-0.2, -0.15) is 13.2 Å². The lowest BCUT2D eigenvalue weighted by atomic mass is 10.1. The molecular weight excluding hydrogens is 429 g/mol. The van der Waals surface area contributed by atoms with Gasteiger partial charge in [0.25, 0.3) is 5.91 Å². The number of ether oxygens (including phenoxy) is 1. The Labute approximate surface area is 179 Å². The second-order valence-corrected chi connectivity index (χ2v) is 6.48. The lowest BCUT2D eigenvalue weighted by Crippen LogP contribution is -2.16. The molecule has 4 N–H and O–H groups in total. The van der Waals surface area contributed by atoms with Crippen LogP contribution in [0.25, 0.3) is 16.2 Å². The molecule has 1 heterocycles. The van der Waals surface area contributed by atoms with Crippen LogP contribution < -0.4 is 10.5 Å². The first-order valence-electron chi connectivity index (χ1n) is 8.97. The van der Waals surface area contributed by atoms with Crippen LogP contribution in [-0.4, -0.2) is 32.7 Å². The molecule has 11 heteroatoms. The minimum Gasteiger partial charge on any atom is -0.457 e. The number of hydrogen-bond donors (Lipinski definition) is 3. The Balaban J connectivity index is 1.90. The molecule has 0 aliphatic carbocycles. The fraction of sp³-hybridized carbons (Fsp3) is 0.143. The summed E-state index contributed by atoms with van der Waals surface area (Å²) in [6.07, 6.45) is -6.05. The Bertz CT molecular complexity index is 1190. The second-order valence-electron chi connectivity index (χ2n) is 6.48.